The first-order chi connectivity index (χ1) is 18.4. The van der Waals surface area contributed by atoms with Crippen LogP contribution < -0.4 is 15.4 Å². The van der Waals surface area contributed by atoms with Crippen LogP contribution in [0.4, 0.5) is 16.2 Å². The molecule has 38 heavy (non-hydrogen) atoms. The molecule has 4 aromatic rings. The van der Waals surface area contributed by atoms with E-state index in [1.807, 2.05) is 0 Å². The molecule has 2 N–H and O–H groups in total. The number of fused-ring (bicyclic) bond motifs is 1. The van der Waals surface area contributed by atoms with Crippen LogP contribution in [0.1, 0.15) is 27.9 Å². The van der Waals surface area contributed by atoms with Gasteiger partial charge in [-0.3, -0.25) is 9.59 Å². The first-order valence-electron chi connectivity index (χ1n) is 12.3. The second-order valence-corrected chi connectivity index (χ2v) is 10.1. The number of ketones is 1. The zero-order chi connectivity index (χ0) is 26.6. The summed E-state index contributed by atoms with van der Waals surface area (Å²) < 4.78 is 18.8. The van der Waals surface area contributed by atoms with E-state index >= 15 is 0 Å². The van der Waals surface area contributed by atoms with Crippen LogP contribution in [0.5, 0.6) is 5.75 Å². The standard InChI is InChI=1S/C27H27FN6O3S/c1-17(35)19-5-9-21(10-6-19)37-16-23(36)33-12-14-34(15-13-33)25-24-26(32-27(29)31-25)38-22(30-24)11-4-18-2-7-20(28)8-3-18/h2-3,5-10H,4,11-16H2,1H3,(H2,29,31,32). The minimum Gasteiger partial charge on any atom is -0.484 e. The Labute approximate surface area is 223 Å². The highest BCUT2D eigenvalue weighted by Crippen LogP contribution is 2.30. The number of piperazine rings is 1. The zero-order valence-corrected chi connectivity index (χ0v) is 21.7. The molecular weight excluding hydrogens is 507 g/mol. The van der Waals surface area contributed by atoms with E-state index in [-0.39, 0.29) is 30.1 Å². The Bertz CT molecular complexity index is 1450. The predicted molar refractivity (Wildman–Crippen MR) is 144 cm³/mol. The highest BCUT2D eigenvalue weighted by atomic mass is 32.1. The normalized spacial score (nSPS) is 13.6. The molecule has 2 aromatic heterocycles. The summed E-state index contributed by atoms with van der Waals surface area (Å²) in [4.78, 5) is 42.3. The number of halogens is 1. The van der Waals surface area contributed by atoms with Gasteiger partial charge in [0.05, 0.1) is 5.01 Å². The second kappa shape index (κ2) is 11.1. The molecule has 0 unspecified atom stereocenters. The van der Waals surface area contributed by atoms with Crippen LogP contribution in [0.3, 0.4) is 0 Å². The average molecular weight is 535 g/mol. The third-order valence-electron chi connectivity index (χ3n) is 6.40. The maximum Gasteiger partial charge on any atom is 0.260 e. The number of thiazole rings is 1. The van der Waals surface area contributed by atoms with Crippen molar-refractivity contribution in [2.24, 2.45) is 0 Å². The molecule has 0 radical (unpaired) electrons. The number of amides is 1. The molecular formula is C27H27FN6O3S. The molecule has 0 spiro atoms. The summed E-state index contributed by atoms with van der Waals surface area (Å²) in [6.07, 6.45) is 1.44. The van der Waals surface area contributed by atoms with Crippen molar-refractivity contribution in [3.05, 3.63) is 70.5 Å². The minimum absolute atomic E-state index is 0.0212. The second-order valence-electron chi connectivity index (χ2n) is 9.03. The Kier molecular flexibility index (Phi) is 7.45. The number of nitrogens with two attached hydrogens (primary N) is 1. The summed E-state index contributed by atoms with van der Waals surface area (Å²) in [5, 5.41) is 0.910. The quantitative estimate of drug-likeness (QED) is 0.342. The fourth-order valence-corrected chi connectivity index (χ4v) is 5.22. The number of ether oxygens (including phenoxy) is 1. The Balaban J connectivity index is 1.19. The molecule has 11 heteroatoms. The Morgan fingerprint density at radius 3 is 2.37 bits per heavy atom. The maximum absolute atomic E-state index is 13.2. The molecule has 1 aliphatic rings. The third-order valence-corrected chi connectivity index (χ3v) is 7.41. The van der Waals surface area contributed by atoms with E-state index in [2.05, 4.69) is 14.9 Å². The van der Waals surface area contributed by atoms with Crippen LogP contribution in [0.2, 0.25) is 0 Å². The fourth-order valence-electron chi connectivity index (χ4n) is 4.29. The number of hydrogen-bond donors (Lipinski definition) is 1. The molecule has 1 aliphatic heterocycles. The number of carbonyl (C=O) groups excluding carboxylic acids is 2. The lowest BCUT2D eigenvalue weighted by Crippen LogP contribution is -2.50. The number of nitrogens with zero attached hydrogens (tertiary/aromatic N) is 5. The number of aromatic nitrogens is 3. The molecule has 9 nitrogen and oxygen atoms in total. The topological polar surface area (TPSA) is 115 Å². The van der Waals surface area contributed by atoms with E-state index in [9.17, 15) is 14.0 Å². The van der Waals surface area contributed by atoms with Crippen LogP contribution in [0, 0.1) is 5.82 Å². The molecule has 5 rings (SSSR count). The number of anilines is 2. The van der Waals surface area contributed by atoms with Crippen LogP contribution in [0.25, 0.3) is 10.3 Å². The van der Waals surface area contributed by atoms with Gasteiger partial charge in [0.25, 0.3) is 5.91 Å². The van der Waals surface area contributed by atoms with Gasteiger partial charge in [-0.2, -0.15) is 4.98 Å². The third kappa shape index (κ3) is 5.88. The van der Waals surface area contributed by atoms with Crippen LogP contribution >= 0.6 is 11.3 Å². The van der Waals surface area contributed by atoms with Crippen molar-refractivity contribution in [2.45, 2.75) is 19.8 Å². The van der Waals surface area contributed by atoms with Gasteiger partial charge in [0.2, 0.25) is 5.95 Å². The van der Waals surface area contributed by atoms with Crippen molar-refractivity contribution in [1.29, 1.82) is 0 Å². The zero-order valence-electron chi connectivity index (χ0n) is 20.9. The first kappa shape index (κ1) is 25.5. The van der Waals surface area contributed by atoms with Gasteiger partial charge in [0, 0.05) is 38.2 Å². The molecule has 196 valence electrons. The van der Waals surface area contributed by atoms with Gasteiger partial charge in [-0.05, 0) is 55.3 Å². The number of hydrogen-bond acceptors (Lipinski definition) is 9. The summed E-state index contributed by atoms with van der Waals surface area (Å²) in [6.45, 7) is 3.61. The Morgan fingerprint density at radius 1 is 0.974 bits per heavy atom. The van der Waals surface area contributed by atoms with Crippen molar-refractivity contribution in [2.75, 3.05) is 43.4 Å². The number of rotatable bonds is 8. The SMILES string of the molecule is CC(=O)c1ccc(OCC(=O)N2CCN(c3nc(N)nc4sc(CCc5ccc(F)cc5)nc34)CC2)cc1. The lowest BCUT2D eigenvalue weighted by molar-refractivity contribution is -0.133. The molecule has 0 bridgehead atoms. The van der Waals surface area contributed by atoms with Gasteiger partial charge in [0.1, 0.15) is 17.1 Å². The van der Waals surface area contributed by atoms with E-state index in [0.29, 0.717) is 55.2 Å². The van der Waals surface area contributed by atoms with Crippen molar-refractivity contribution >= 4 is 45.1 Å². The van der Waals surface area contributed by atoms with Crippen molar-refractivity contribution < 1.29 is 18.7 Å². The van der Waals surface area contributed by atoms with Gasteiger partial charge >= 0.3 is 0 Å². The molecule has 2 aromatic carbocycles. The van der Waals surface area contributed by atoms with Crippen LogP contribution in [-0.2, 0) is 17.6 Å². The summed E-state index contributed by atoms with van der Waals surface area (Å²) in [7, 11) is 0. The largest absolute Gasteiger partial charge is 0.484 e. The van der Waals surface area contributed by atoms with Gasteiger partial charge < -0.3 is 20.3 Å². The Hall–Kier alpha value is -4.12. The van der Waals surface area contributed by atoms with Crippen molar-refractivity contribution in [1.82, 2.24) is 19.9 Å². The van der Waals surface area contributed by atoms with E-state index in [1.165, 1.54) is 30.4 Å². The monoisotopic (exact) mass is 534 g/mol. The smallest absolute Gasteiger partial charge is 0.260 e. The highest BCUT2D eigenvalue weighted by Gasteiger charge is 2.25. The molecule has 0 saturated carbocycles. The Morgan fingerprint density at radius 2 is 1.68 bits per heavy atom. The van der Waals surface area contributed by atoms with Gasteiger partial charge in [0.15, 0.2) is 23.0 Å². The highest BCUT2D eigenvalue weighted by molar-refractivity contribution is 7.18. The average Bonchev–Trinajstić information content (AvgIpc) is 3.34. The summed E-state index contributed by atoms with van der Waals surface area (Å²) in [5.74, 6) is 1.02. The lowest BCUT2D eigenvalue weighted by atomic mass is 10.1. The number of Topliss-reactive ketones (excluding diaryl/α,β-unsaturated/α-hetero) is 1. The summed E-state index contributed by atoms with van der Waals surface area (Å²) in [5.41, 5.74) is 8.35. The molecule has 1 saturated heterocycles. The number of benzene rings is 2. The minimum atomic E-state index is -0.251. The van der Waals surface area contributed by atoms with E-state index in [1.54, 1.807) is 41.3 Å². The summed E-state index contributed by atoms with van der Waals surface area (Å²) >= 11 is 1.48. The van der Waals surface area contributed by atoms with E-state index in [0.717, 1.165) is 21.8 Å². The number of aryl methyl sites for hydroxylation is 2. The molecule has 0 atom stereocenters. The molecule has 1 amide bonds. The van der Waals surface area contributed by atoms with Gasteiger partial charge in [-0.15, -0.1) is 0 Å². The molecule has 3 heterocycles. The lowest BCUT2D eigenvalue weighted by Gasteiger charge is -2.35. The van der Waals surface area contributed by atoms with Crippen LogP contribution in [0.15, 0.2) is 48.5 Å². The van der Waals surface area contributed by atoms with Crippen LogP contribution in [-0.4, -0.2) is 64.3 Å². The summed E-state index contributed by atoms with van der Waals surface area (Å²) in [6, 6.07) is 13.2. The number of nitrogen functional groups attached to an aromatic ring is 1. The molecule has 1 fully saturated rings. The van der Waals surface area contributed by atoms with E-state index < -0.39 is 0 Å². The fraction of sp³-hybridized carbons (Fsp3) is 0.296. The predicted octanol–water partition coefficient (Wildman–Crippen LogP) is 3.52. The van der Waals surface area contributed by atoms with Crippen molar-refractivity contribution in [3.8, 4) is 5.75 Å². The van der Waals surface area contributed by atoms with Gasteiger partial charge in [-0.1, -0.05) is 23.5 Å². The van der Waals surface area contributed by atoms with E-state index in [4.69, 9.17) is 15.5 Å². The number of carbonyl (C=O) groups is 2. The first-order valence-corrected chi connectivity index (χ1v) is 13.1. The molecule has 0 aliphatic carbocycles. The maximum atomic E-state index is 13.2. The van der Waals surface area contributed by atoms with Crippen molar-refractivity contribution in [3.63, 3.8) is 0 Å². The van der Waals surface area contributed by atoms with Gasteiger partial charge in [-0.25, -0.2) is 14.4 Å².